The standard InChI is InChI=1S/C13H14N4O3/c18-4-8-3-14-12-11(8)13(16-7-15-12)17-9-1-2-10(5-19)20-6-9/h1-4,7,9-10,19H,5-6H2,(H2,14,15,16,17)/t9-,10+/m1/s1. The predicted molar refractivity (Wildman–Crippen MR) is 72.7 cm³/mol. The number of carbonyl (C=O) groups is 1. The maximum Gasteiger partial charge on any atom is 0.152 e. The number of nitrogens with one attached hydrogen (secondary N) is 2. The SMILES string of the molecule is O=Cc1c[nH]c2ncnc(N[C@@H]3C=C[C@@H](CO)OC3)c12. The summed E-state index contributed by atoms with van der Waals surface area (Å²) in [6.07, 6.45) is 7.27. The number of aldehydes is 1. The lowest BCUT2D eigenvalue weighted by Crippen LogP contribution is -2.32. The van der Waals surface area contributed by atoms with Crippen LogP contribution in [0.25, 0.3) is 11.0 Å². The maximum absolute atomic E-state index is 11.0. The highest BCUT2D eigenvalue weighted by Crippen LogP contribution is 2.23. The van der Waals surface area contributed by atoms with E-state index in [1.165, 1.54) is 6.33 Å². The molecule has 3 N–H and O–H groups in total. The lowest BCUT2D eigenvalue weighted by atomic mass is 10.1. The maximum atomic E-state index is 11.0. The van der Waals surface area contributed by atoms with Gasteiger partial charge in [-0.15, -0.1) is 0 Å². The van der Waals surface area contributed by atoms with Crippen molar-refractivity contribution in [1.29, 1.82) is 0 Å². The molecule has 0 unspecified atom stereocenters. The minimum absolute atomic E-state index is 0.0337. The van der Waals surface area contributed by atoms with Crippen LogP contribution in [0.3, 0.4) is 0 Å². The summed E-state index contributed by atoms with van der Waals surface area (Å²) in [6.45, 7) is 0.391. The Morgan fingerprint density at radius 3 is 3.10 bits per heavy atom. The molecule has 7 nitrogen and oxygen atoms in total. The van der Waals surface area contributed by atoms with Gasteiger partial charge in [-0.25, -0.2) is 9.97 Å². The van der Waals surface area contributed by atoms with Crippen LogP contribution >= 0.6 is 0 Å². The van der Waals surface area contributed by atoms with Gasteiger partial charge >= 0.3 is 0 Å². The molecule has 0 bridgehead atoms. The number of nitrogens with zero attached hydrogens (tertiary/aromatic N) is 2. The van der Waals surface area contributed by atoms with E-state index in [1.54, 1.807) is 12.3 Å². The molecule has 0 saturated carbocycles. The molecule has 1 aliphatic heterocycles. The van der Waals surface area contributed by atoms with Crippen molar-refractivity contribution in [3.8, 4) is 0 Å². The Morgan fingerprint density at radius 1 is 1.50 bits per heavy atom. The minimum atomic E-state index is -0.253. The van der Waals surface area contributed by atoms with Crippen LogP contribution in [-0.4, -0.2) is 51.7 Å². The summed E-state index contributed by atoms with van der Waals surface area (Å²) in [5.41, 5.74) is 1.12. The fourth-order valence-corrected chi connectivity index (χ4v) is 2.16. The third-order valence-electron chi connectivity index (χ3n) is 3.18. The number of hydrogen-bond acceptors (Lipinski definition) is 6. The summed E-state index contributed by atoms with van der Waals surface area (Å²) in [5.74, 6) is 0.582. The Labute approximate surface area is 114 Å². The van der Waals surface area contributed by atoms with Gasteiger partial charge in [0.15, 0.2) is 6.29 Å². The van der Waals surface area contributed by atoms with Crippen LogP contribution < -0.4 is 5.32 Å². The first-order valence-electron chi connectivity index (χ1n) is 6.26. The molecule has 2 aromatic heterocycles. The van der Waals surface area contributed by atoms with Gasteiger partial charge in [0.1, 0.15) is 17.8 Å². The van der Waals surface area contributed by atoms with Gasteiger partial charge < -0.3 is 20.1 Å². The molecule has 2 aromatic rings. The summed E-state index contributed by atoms with van der Waals surface area (Å²) >= 11 is 0. The van der Waals surface area contributed by atoms with E-state index in [4.69, 9.17) is 9.84 Å². The normalized spacial score (nSPS) is 22.1. The molecule has 0 aromatic carbocycles. The van der Waals surface area contributed by atoms with Crippen LogP contribution in [0.4, 0.5) is 5.82 Å². The number of anilines is 1. The summed E-state index contributed by atoms with van der Waals surface area (Å²) in [5, 5.41) is 12.9. The number of aliphatic hydroxyl groups is 1. The third kappa shape index (κ3) is 2.28. The molecule has 0 amide bonds. The predicted octanol–water partition coefficient (Wildman–Crippen LogP) is 0.498. The fraction of sp³-hybridized carbons (Fsp3) is 0.308. The van der Waals surface area contributed by atoms with Gasteiger partial charge in [-0.2, -0.15) is 0 Å². The van der Waals surface area contributed by atoms with Crippen LogP contribution in [0.5, 0.6) is 0 Å². The molecule has 0 aliphatic carbocycles. The third-order valence-corrected chi connectivity index (χ3v) is 3.18. The van der Waals surface area contributed by atoms with Crippen molar-refractivity contribution in [2.45, 2.75) is 12.1 Å². The molecular formula is C13H14N4O3. The van der Waals surface area contributed by atoms with E-state index in [2.05, 4.69) is 20.3 Å². The van der Waals surface area contributed by atoms with Crippen molar-refractivity contribution in [1.82, 2.24) is 15.0 Å². The Hall–Kier alpha value is -2.25. The molecule has 1 aliphatic rings. The summed E-state index contributed by atoms with van der Waals surface area (Å²) in [7, 11) is 0. The Balaban J connectivity index is 1.88. The molecule has 3 rings (SSSR count). The largest absolute Gasteiger partial charge is 0.393 e. The summed E-state index contributed by atoms with van der Waals surface area (Å²) in [6, 6.07) is -0.0645. The second-order valence-corrected chi connectivity index (χ2v) is 4.50. The molecule has 0 spiro atoms. The van der Waals surface area contributed by atoms with Crippen molar-refractivity contribution in [3.05, 3.63) is 30.2 Å². The van der Waals surface area contributed by atoms with Gasteiger partial charge in [-0.05, 0) is 0 Å². The van der Waals surface area contributed by atoms with Gasteiger partial charge in [-0.3, -0.25) is 4.79 Å². The quantitative estimate of drug-likeness (QED) is 0.554. The lowest BCUT2D eigenvalue weighted by molar-refractivity contribution is 0.0345. The highest BCUT2D eigenvalue weighted by molar-refractivity contribution is 6.01. The summed E-state index contributed by atoms with van der Waals surface area (Å²) < 4.78 is 5.44. The van der Waals surface area contributed by atoms with Crippen LogP contribution in [0.2, 0.25) is 0 Å². The van der Waals surface area contributed by atoms with Gasteiger partial charge in [0.2, 0.25) is 0 Å². The Morgan fingerprint density at radius 2 is 2.40 bits per heavy atom. The van der Waals surface area contributed by atoms with Crippen LogP contribution in [0, 0.1) is 0 Å². The fourth-order valence-electron chi connectivity index (χ4n) is 2.16. The van der Waals surface area contributed by atoms with Crippen LogP contribution in [0.15, 0.2) is 24.7 Å². The highest BCUT2D eigenvalue weighted by Gasteiger charge is 2.18. The smallest absolute Gasteiger partial charge is 0.152 e. The Kier molecular flexibility index (Phi) is 3.44. The number of H-pyrrole nitrogens is 1. The Bertz CT molecular complexity index is 652. The number of carbonyl (C=O) groups excluding carboxylic acids is 1. The second kappa shape index (κ2) is 5.40. The van der Waals surface area contributed by atoms with E-state index in [0.29, 0.717) is 29.0 Å². The second-order valence-electron chi connectivity index (χ2n) is 4.50. The van der Waals surface area contributed by atoms with E-state index in [0.717, 1.165) is 6.29 Å². The molecule has 7 heteroatoms. The van der Waals surface area contributed by atoms with E-state index >= 15 is 0 Å². The number of fused-ring (bicyclic) bond motifs is 1. The number of rotatable bonds is 4. The first-order chi connectivity index (χ1) is 9.81. The van der Waals surface area contributed by atoms with Gasteiger partial charge in [0, 0.05) is 11.8 Å². The van der Waals surface area contributed by atoms with Gasteiger partial charge in [0.05, 0.1) is 30.7 Å². The zero-order chi connectivity index (χ0) is 13.9. The van der Waals surface area contributed by atoms with E-state index in [1.807, 2.05) is 6.08 Å². The van der Waals surface area contributed by atoms with Gasteiger partial charge in [-0.1, -0.05) is 12.2 Å². The number of hydrogen-bond donors (Lipinski definition) is 3. The molecule has 2 atom stereocenters. The molecule has 20 heavy (non-hydrogen) atoms. The average Bonchev–Trinajstić information content (AvgIpc) is 2.92. The first kappa shape index (κ1) is 12.8. The molecule has 0 fully saturated rings. The topological polar surface area (TPSA) is 100 Å². The van der Waals surface area contributed by atoms with Crippen LogP contribution in [-0.2, 0) is 4.74 Å². The van der Waals surface area contributed by atoms with E-state index in [-0.39, 0.29) is 18.8 Å². The number of aromatic amines is 1. The molecule has 3 heterocycles. The van der Waals surface area contributed by atoms with Crippen molar-refractivity contribution in [2.24, 2.45) is 0 Å². The number of ether oxygens (including phenoxy) is 1. The minimum Gasteiger partial charge on any atom is -0.393 e. The zero-order valence-electron chi connectivity index (χ0n) is 10.6. The molecular weight excluding hydrogens is 260 g/mol. The van der Waals surface area contributed by atoms with Crippen molar-refractivity contribution in [2.75, 3.05) is 18.5 Å². The molecule has 104 valence electrons. The van der Waals surface area contributed by atoms with Crippen molar-refractivity contribution < 1.29 is 14.6 Å². The van der Waals surface area contributed by atoms with Gasteiger partial charge in [0.25, 0.3) is 0 Å². The van der Waals surface area contributed by atoms with Crippen molar-refractivity contribution in [3.63, 3.8) is 0 Å². The highest BCUT2D eigenvalue weighted by atomic mass is 16.5. The average molecular weight is 274 g/mol. The zero-order valence-corrected chi connectivity index (χ0v) is 10.6. The van der Waals surface area contributed by atoms with E-state index < -0.39 is 0 Å². The molecule has 0 saturated heterocycles. The lowest BCUT2D eigenvalue weighted by Gasteiger charge is -2.23. The number of aliphatic hydroxyl groups excluding tert-OH is 1. The summed E-state index contributed by atoms with van der Waals surface area (Å²) in [4.78, 5) is 22.2. The van der Waals surface area contributed by atoms with Crippen LogP contribution in [0.1, 0.15) is 10.4 Å². The van der Waals surface area contributed by atoms with E-state index in [9.17, 15) is 4.79 Å². The first-order valence-corrected chi connectivity index (χ1v) is 6.26. The number of aromatic nitrogens is 3. The molecule has 0 radical (unpaired) electrons. The van der Waals surface area contributed by atoms with Crippen molar-refractivity contribution >= 4 is 23.1 Å². The monoisotopic (exact) mass is 274 g/mol.